The Morgan fingerprint density at radius 3 is 2.48 bits per heavy atom. The van der Waals surface area contributed by atoms with E-state index in [9.17, 15) is 4.39 Å². The highest BCUT2D eigenvalue weighted by molar-refractivity contribution is 5.31. The predicted octanol–water partition coefficient (Wildman–Crippen LogP) is 2.44. The topological polar surface area (TPSA) is 47.7 Å². The molecule has 21 heavy (non-hydrogen) atoms. The van der Waals surface area contributed by atoms with Crippen LogP contribution in [0, 0.1) is 11.7 Å². The summed E-state index contributed by atoms with van der Waals surface area (Å²) >= 11 is 0. The molecule has 1 unspecified atom stereocenters. The van der Waals surface area contributed by atoms with E-state index in [1.165, 1.54) is 13.2 Å². The van der Waals surface area contributed by atoms with Gasteiger partial charge in [-0.3, -0.25) is 4.90 Å². The first-order valence-electron chi connectivity index (χ1n) is 7.30. The van der Waals surface area contributed by atoms with Gasteiger partial charge in [-0.15, -0.1) is 0 Å². The molecule has 0 bridgehead atoms. The Labute approximate surface area is 127 Å². The van der Waals surface area contributed by atoms with Crippen LogP contribution in [0.2, 0.25) is 0 Å². The third-order valence-electron chi connectivity index (χ3n) is 3.41. The SMILES string of the molecule is COCCN(CC(C)C)C(CN)c1ccc(OC)c(F)c1. The minimum atomic E-state index is -0.357. The average molecular weight is 298 g/mol. The molecule has 0 heterocycles. The van der Waals surface area contributed by atoms with Gasteiger partial charge in [-0.25, -0.2) is 4.39 Å². The molecule has 5 heteroatoms. The average Bonchev–Trinajstić information content (AvgIpc) is 2.45. The normalized spacial score (nSPS) is 13.0. The molecule has 1 aromatic carbocycles. The zero-order valence-electron chi connectivity index (χ0n) is 13.4. The molecule has 4 nitrogen and oxygen atoms in total. The molecule has 0 aliphatic heterocycles. The number of hydrogen-bond donors (Lipinski definition) is 1. The molecular weight excluding hydrogens is 271 g/mol. The lowest BCUT2D eigenvalue weighted by atomic mass is 10.0. The van der Waals surface area contributed by atoms with E-state index < -0.39 is 0 Å². The van der Waals surface area contributed by atoms with Crippen LogP contribution < -0.4 is 10.5 Å². The smallest absolute Gasteiger partial charge is 0.165 e. The van der Waals surface area contributed by atoms with Crippen molar-refractivity contribution in [3.8, 4) is 5.75 Å². The van der Waals surface area contributed by atoms with Gasteiger partial charge in [0.2, 0.25) is 0 Å². The summed E-state index contributed by atoms with van der Waals surface area (Å²) in [6.45, 7) is 7.02. The third-order valence-corrected chi connectivity index (χ3v) is 3.41. The molecule has 1 aromatic rings. The van der Waals surface area contributed by atoms with Crippen LogP contribution in [0.4, 0.5) is 4.39 Å². The Hall–Kier alpha value is -1.17. The van der Waals surface area contributed by atoms with Crippen LogP contribution in [0.3, 0.4) is 0 Å². The van der Waals surface area contributed by atoms with E-state index >= 15 is 0 Å². The molecule has 0 fully saturated rings. The van der Waals surface area contributed by atoms with Crippen molar-refractivity contribution < 1.29 is 13.9 Å². The Bertz CT molecular complexity index is 427. The van der Waals surface area contributed by atoms with Crippen LogP contribution in [0.15, 0.2) is 18.2 Å². The molecule has 0 spiro atoms. The Morgan fingerprint density at radius 1 is 1.29 bits per heavy atom. The zero-order chi connectivity index (χ0) is 15.8. The summed E-state index contributed by atoms with van der Waals surface area (Å²) in [7, 11) is 3.14. The van der Waals surface area contributed by atoms with Crippen molar-refractivity contribution >= 4 is 0 Å². The fourth-order valence-electron chi connectivity index (χ4n) is 2.44. The minimum Gasteiger partial charge on any atom is -0.494 e. The van der Waals surface area contributed by atoms with Crippen molar-refractivity contribution in [1.29, 1.82) is 0 Å². The number of halogens is 1. The second-order valence-electron chi connectivity index (χ2n) is 5.53. The van der Waals surface area contributed by atoms with Gasteiger partial charge in [0, 0.05) is 32.8 Å². The van der Waals surface area contributed by atoms with Gasteiger partial charge in [0.1, 0.15) is 0 Å². The fraction of sp³-hybridized carbons (Fsp3) is 0.625. The number of nitrogens with two attached hydrogens (primary N) is 1. The van der Waals surface area contributed by atoms with Crippen LogP contribution in [-0.2, 0) is 4.74 Å². The highest BCUT2D eigenvalue weighted by Gasteiger charge is 2.21. The van der Waals surface area contributed by atoms with Gasteiger partial charge in [0.25, 0.3) is 0 Å². The van der Waals surface area contributed by atoms with E-state index in [0.717, 1.165) is 18.7 Å². The summed E-state index contributed by atoms with van der Waals surface area (Å²) < 4.78 is 24.0. The largest absolute Gasteiger partial charge is 0.494 e. The van der Waals surface area contributed by atoms with Crippen molar-refractivity contribution in [2.75, 3.05) is 40.5 Å². The minimum absolute atomic E-state index is 0.0250. The van der Waals surface area contributed by atoms with E-state index in [1.54, 1.807) is 13.2 Å². The van der Waals surface area contributed by atoms with E-state index in [0.29, 0.717) is 19.1 Å². The Morgan fingerprint density at radius 2 is 2.00 bits per heavy atom. The number of rotatable bonds is 9. The second-order valence-corrected chi connectivity index (χ2v) is 5.53. The number of hydrogen-bond acceptors (Lipinski definition) is 4. The molecule has 0 saturated carbocycles. The first-order valence-corrected chi connectivity index (χ1v) is 7.30. The van der Waals surface area contributed by atoms with Gasteiger partial charge in [0.05, 0.1) is 13.7 Å². The standard InChI is InChI=1S/C16H27FN2O2/c1-12(2)11-19(7-8-20-3)15(10-18)13-5-6-16(21-4)14(17)9-13/h5-6,9,12,15H,7-8,10-11,18H2,1-4H3. The maximum absolute atomic E-state index is 13.9. The monoisotopic (exact) mass is 298 g/mol. The molecule has 2 N–H and O–H groups in total. The van der Waals surface area contributed by atoms with Crippen molar-refractivity contribution in [2.45, 2.75) is 19.9 Å². The number of benzene rings is 1. The summed E-state index contributed by atoms with van der Waals surface area (Å²) in [5.74, 6) is 0.394. The lowest BCUT2D eigenvalue weighted by Gasteiger charge is -2.32. The van der Waals surface area contributed by atoms with Crippen LogP contribution in [0.5, 0.6) is 5.75 Å². The first kappa shape index (κ1) is 17.9. The van der Waals surface area contributed by atoms with Crippen LogP contribution in [0.1, 0.15) is 25.5 Å². The van der Waals surface area contributed by atoms with Gasteiger partial charge in [0.15, 0.2) is 11.6 Å². The fourth-order valence-corrected chi connectivity index (χ4v) is 2.44. The quantitative estimate of drug-likeness (QED) is 0.761. The number of nitrogens with zero attached hydrogens (tertiary/aromatic N) is 1. The Balaban J connectivity index is 2.97. The van der Waals surface area contributed by atoms with Gasteiger partial charge in [-0.1, -0.05) is 19.9 Å². The summed E-state index contributed by atoms with van der Waals surface area (Å²) in [6, 6.07) is 5.01. The van der Waals surface area contributed by atoms with Gasteiger partial charge < -0.3 is 15.2 Å². The molecule has 0 amide bonds. The van der Waals surface area contributed by atoms with Gasteiger partial charge in [-0.05, 0) is 23.6 Å². The third kappa shape index (κ3) is 5.26. The molecule has 0 radical (unpaired) electrons. The molecule has 1 atom stereocenters. The van der Waals surface area contributed by atoms with Crippen molar-refractivity contribution in [2.24, 2.45) is 11.7 Å². The molecule has 0 saturated heterocycles. The van der Waals surface area contributed by atoms with Crippen molar-refractivity contribution in [3.63, 3.8) is 0 Å². The Kier molecular flexibility index (Phi) is 7.64. The molecular formula is C16H27FN2O2. The second kappa shape index (κ2) is 8.97. The zero-order valence-corrected chi connectivity index (χ0v) is 13.4. The molecule has 0 aliphatic rings. The number of ether oxygens (including phenoxy) is 2. The van der Waals surface area contributed by atoms with Gasteiger partial charge in [-0.2, -0.15) is 0 Å². The maximum Gasteiger partial charge on any atom is 0.165 e. The van der Waals surface area contributed by atoms with E-state index in [2.05, 4.69) is 18.7 Å². The molecule has 1 rings (SSSR count). The van der Waals surface area contributed by atoms with Gasteiger partial charge >= 0.3 is 0 Å². The number of methoxy groups -OCH3 is 2. The highest BCUT2D eigenvalue weighted by atomic mass is 19.1. The summed E-state index contributed by atoms with van der Waals surface area (Å²) in [5, 5.41) is 0. The van der Waals surface area contributed by atoms with E-state index in [-0.39, 0.29) is 17.6 Å². The summed E-state index contributed by atoms with van der Waals surface area (Å²) in [5.41, 5.74) is 6.81. The van der Waals surface area contributed by atoms with Crippen molar-refractivity contribution in [3.05, 3.63) is 29.6 Å². The summed E-state index contributed by atoms with van der Waals surface area (Å²) in [6.07, 6.45) is 0. The van der Waals surface area contributed by atoms with E-state index in [4.69, 9.17) is 15.2 Å². The van der Waals surface area contributed by atoms with Crippen LogP contribution in [-0.4, -0.2) is 45.4 Å². The molecule has 0 aliphatic carbocycles. The first-order chi connectivity index (χ1) is 10.0. The van der Waals surface area contributed by atoms with Crippen molar-refractivity contribution in [1.82, 2.24) is 4.90 Å². The van der Waals surface area contributed by atoms with Crippen LogP contribution in [0.25, 0.3) is 0 Å². The lowest BCUT2D eigenvalue weighted by Crippen LogP contribution is -2.38. The lowest BCUT2D eigenvalue weighted by molar-refractivity contribution is 0.112. The highest BCUT2D eigenvalue weighted by Crippen LogP contribution is 2.25. The maximum atomic E-state index is 13.9. The van der Waals surface area contributed by atoms with E-state index in [1.807, 2.05) is 6.07 Å². The predicted molar refractivity (Wildman–Crippen MR) is 83.0 cm³/mol. The van der Waals surface area contributed by atoms with Crippen LogP contribution >= 0.6 is 0 Å². The summed E-state index contributed by atoms with van der Waals surface area (Å²) in [4.78, 5) is 2.25. The molecule has 120 valence electrons. The molecule has 0 aromatic heterocycles.